The van der Waals surface area contributed by atoms with Gasteiger partial charge in [0.1, 0.15) is 11.4 Å². The van der Waals surface area contributed by atoms with Crippen molar-refractivity contribution < 1.29 is 9.53 Å². The van der Waals surface area contributed by atoms with Gasteiger partial charge < -0.3 is 4.74 Å². The molecule has 0 aliphatic carbocycles. The van der Waals surface area contributed by atoms with Gasteiger partial charge in [-0.05, 0) is 24.6 Å². The summed E-state index contributed by atoms with van der Waals surface area (Å²) >= 11 is 3.33. The van der Waals surface area contributed by atoms with Crippen molar-refractivity contribution in [3.8, 4) is 23.6 Å². The van der Waals surface area contributed by atoms with Crippen LogP contribution in [0.3, 0.4) is 0 Å². The summed E-state index contributed by atoms with van der Waals surface area (Å²) in [6, 6.07) is 8.56. The first kappa shape index (κ1) is 16.7. The average molecular weight is 373 g/mol. The van der Waals surface area contributed by atoms with Gasteiger partial charge in [-0.3, -0.25) is 4.79 Å². The van der Waals surface area contributed by atoms with Crippen LogP contribution in [0.15, 0.2) is 18.2 Å². The van der Waals surface area contributed by atoms with Crippen LogP contribution < -0.4 is 4.74 Å². The highest BCUT2D eigenvalue weighted by Gasteiger charge is 2.20. The molecule has 0 aliphatic rings. The number of hydrogen-bond acceptors (Lipinski definition) is 5. The maximum absolute atomic E-state index is 11.7. The van der Waals surface area contributed by atoms with Crippen LogP contribution in [-0.2, 0) is 11.8 Å². The number of ether oxygens (including phenoxy) is 1. The molecule has 1 aromatic heterocycles. The Labute approximate surface area is 142 Å². The predicted octanol–water partition coefficient (Wildman–Crippen LogP) is 3.54. The number of alkyl halides is 1. The van der Waals surface area contributed by atoms with Gasteiger partial charge in [-0.2, -0.15) is 15.6 Å². The second-order valence-electron chi connectivity index (χ2n) is 4.71. The first-order chi connectivity index (χ1) is 11.0. The monoisotopic (exact) mass is 372 g/mol. The molecule has 2 aromatic rings. The van der Waals surface area contributed by atoms with Crippen molar-refractivity contribution in [2.75, 3.05) is 0 Å². The molecule has 0 amide bonds. The molecule has 0 atom stereocenters. The predicted molar refractivity (Wildman–Crippen MR) is 86.5 cm³/mol. The lowest BCUT2D eigenvalue weighted by atomic mass is 10.1. The molecule has 6 nitrogen and oxygen atoms in total. The van der Waals surface area contributed by atoms with E-state index in [0.717, 1.165) is 0 Å². The molecule has 1 heterocycles. The molecule has 0 spiro atoms. The van der Waals surface area contributed by atoms with Crippen LogP contribution in [0.4, 0.5) is 0 Å². The van der Waals surface area contributed by atoms with Gasteiger partial charge in [0, 0.05) is 6.92 Å². The molecule has 0 bridgehead atoms. The summed E-state index contributed by atoms with van der Waals surface area (Å²) in [6.07, 6.45) is 0.554. The average Bonchev–Trinajstić information content (AvgIpc) is 2.92. The lowest BCUT2D eigenvalue weighted by Gasteiger charge is -2.08. The van der Waals surface area contributed by atoms with E-state index in [9.17, 15) is 4.79 Å². The standard InChI is InChI=1S/C16H13BrN4O2/c1-3-15-16(14(7-17)20-21(15)10(2)22)23-13-5-11(8-18)4-12(6-13)9-19/h4-6H,3,7H2,1-2H3. The lowest BCUT2D eigenvalue weighted by molar-refractivity contribution is 0.0917. The van der Waals surface area contributed by atoms with E-state index in [4.69, 9.17) is 15.3 Å². The molecular weight excluding hydrogens is 360 g/mol. The highest BCUT2D eigenvalue weighted by molar-refractivity contribution is 9.08. The Bertz CT molecular complexity index is 811. The fourth-order valence-corrected chi connectivity index (χ4v) is 2.54. The number of rotatable bonds is 4. The SMILES string of the molecule is CCc1c(Oc2cc(C#N)cc(C#N)c2)c(CBr)nn1C(C)=O. The third-order valence-corrected chi connectivity index (χ3v) is 3.68. The molecule has 0 aliphatic heterocycles. The fraction of sp³-hybridized carbons (Fsp3) is 0.250. The van der Waals surface area contributed by atoms with Crippen molar-refractivity contribution in [1.29, 1.82) is 10.5 Å². The summed E-state index contributed by atoms with van der Waals surface area (Å²) in [4.78, 5) is 11.7. The van der Waals surface area contributed by atoms with Crippen molar-refractivity contribution in [2.45, 2.75) is 25.6 Å². The van der Waals surface area contributed by atoms with Gasteiger partial charge in [0.25, 0.3) is 0 Å². The van der Waals surface area contributed by atoms with Crippen LogP contribution >= 0.6 is 15.9 Å². The summed E-state index contributed by atoms with van der Waals surface area (Å²) in [5.74, 6) is 0.626. The first-order valence-electron chi connectivity index (χ1n) is 6.84. The van der Waals surface area contributed by atoms with Crippen molar-refractivity contribution in [3.63, 3.8) is 0 Å². The van der Waals surface area contributed by atoms with E-state index in [0.29, 0.717) is 45.8 Å². The molecule has 0 N–H and O–H groups in total. The third kappa shape index (κ3) is 3.41. The van der Waals surface area contributed by atoms with Crippen LogP contribution in [0, 0.1) is 22.7 Å². The van der Waals surface area contributed by atoms with Gasteiger partial charge in [0.15, 0.2) is 5.75 Å². The summed E-state index contributed by atoms with van der Waals surface area (Å²) in [5.41, 5.74) is 1.89. The maximum atomic E-state index is 11.7. The summed E-state index contributed by atoms with van der Waals surface area (Å²) in [7, 11) is 0. The molecule has 0 saturated heterocycles. The lowest BCUT2D eigenvalue weighted by Crippen LogP contribution is -2.11. The number of carbonyl (C=O) groups excluding carboxylic acids is 1. The number of aromatic nitrogens is 2. The summed E-state index contributed by atoms with van der Waals surface area (Å²) in [5, 5.41) is 22.7. The van der Waals surface area contributed by atoms with Crippen LogP contribution in [0.2, 0.25) is 0 Å². The molecule has 0 saturated carbocycles. The zero-order chi connectivity index (χ0) is 17.0. The quantitative estimate of drug-likeness (QED) is 0.765. The van der Waals surface area contributed by atoms with E-state index in [1.807, 2.05) is 19.1 Å². The Balaban J connectivity index is 2.54. The Hall–Kier alpha value is -2.64. The summed E-state index contributed by atoms with van der Waals surface area (Å²) in [6.45, 7) is 3.33. The zero-order valence-corrected chi connectivity index (χ0v) is 14.2. The van der Waals surface area contributed by atoms with E-state index < -0.39 is 0 Å². The molecule has 116 valence electrons. The largest absolute Gasteiger partial charge is 0.453 e. The van der Waals surface area contributed by atoms with Gasteiger partial charge in [-0.1, -0.05) is 22.9 Å². The number of hydrogen-bond donors (Lipinski definition) is 0. The van der Waals surface area contributed by atoms with E-state index >= 15 is 0 Å². The van der Waals surface area contributed by atoms with Crippen LogP contribution in [-0.4, -0.2) is 15.7 Å². The number of nitrogens with zero attached hydrogens (tertiary/aromatic N) is 4. The second kappa shape index (κ2) is 7.08. The van der Waals surface area contributed by atoms with E-state index in [1.165, 1.54) is 17.7 Å². The maximum Gasteiger partial charge on any atom is 0.244 e. The molecule has 23 heavy (non-hydrogen) atoms. The second-order valence-corrected chi connectivity index (χ2v) is 5.27. The van der Waals surface area contributed by atoms with Gasteiger partial charge in [-0.25, -0.2) is 4.68 Å². The van der Waals surface area contributed by atoms with Gasteiger partial charge >= 0.3 is 0 Å². The van der Waals surface area contributed by atoms with Crippen molar-refractivity contribution in [2.24, 2.45) is 0 Å². The summed E-state index contributed by atoms with van der Waals surface area (Å²) < 4.78 is 7.18. The number of benzene rings is 1. The smallest absolute Gasteiger partial charge is 0.244 e. The minimum absolute atomic E-state index is 0.206. The molecule has 2 rings (SSSR count). The normalized spacial score (nSPS) is 9.96. The van der Waals surface area contributed by atoms with E-state index in [1.54, 1.807) is 12.1 Å². The topological polar surface area (TPSA) is 91.7 Å². The minimum Gasteiger partial charge on any atom is -0.453 e. The molecular formula is C16H13BrN4O2. The van der Waals surface area contributed by atoms with E-state index in [2.05, 4.69) is 21.0 Å². The Kier molecular flexibility index (Phi) is 5.15. The van der Waals surface area contributed by atoms with Crippen LogP contribution in [0.25, 0.3) is 0 Å². The molecule has 1 aromatic carbocycles. The Morgan fingerprint density at radius 1 is 1.30 bits per heavy atom. The molecule has 0 radical (unpaired) electrons. The van der Waals surface area contributed by atoms with Crippen LogP contribution in [0.5, 0.6) is 11.5 Å². The Morgan fingerprint density at radius 2 is 1.91 bits per heavy atom. The third-order valence-electron chi connectivity index (χ3n) is 3.14. The first-order valence-corrected chi connectivity index (χ1v) is 7.97. The number of nitriles is 2. The van der Waals surface area contributed by atoms with Crippen molar-refractivity contribution >= 4 is 21.8 Å². The minimum atomic E-state index is -0.206. The fourth-order valence-electron chi connectivity index (χ4n) is 2.17. The van der Waals surface area contributed by atoms with Gasteiger partial charge in [-0.15, -0.1) is 0 Å². The number of halogens is 1. The zero-order valence-electron chi connectivity index (χ0n) is 12.6. The molecule has 0 fully saturated rings. The van der Waals surface area contributed by atoms with E-state index in [-0.39, 0.29) is 5.91 Å². The number of carbonyl (C=O) groups is 1. The Morgan fingerprint density at radius 3 is 2.35 bits per heavy atom. The van der Waals surface area contributed by atoms with Crippen molar-refractivity contribution in [3.05, 3.63) is 40.7 Å². The highest BCUT2D eigenvalue weighted by atomic mass is 79.9. The molecule has 0 unspecified atom stereocenters. The van der Waals surface area contributed by atoms with Crippen molar-refractivity contribution in [1.82, 2.24) is 9.78 Å². The van der Waals surface area contributed by atoms with Gasteiger partial charge in [0.05, 0.1) is 34.3 Å². The van der Waals surface area contributed by atoms with Gasteiger partial charge in [0.2, 0.25) is 5.91 Å². The molecule has 7 heteroatoms. The highest BCUT2D eigenvalue weighted by Crippen LogP contribution is 2.32. The van der Waals surface area contributed by atoms with Crippen LogP contribution in [0.1, 0.15) is 41.2 Å².